The van der Waals surface area contributed by atoms with Crippen molar-refractivity contribution in [2.45, 2.75) is 49.4 Å². The predicted molar refractivity (Wildman–Crippen MR) is 145 cm³/mol. The van der Waals surface area contributed by atoms with Crippen molar-refractivity contribution >= 4 is 61.3 Å². The molecule has 3 saturated heterocycles. The molecule has 7 rings (SSSR count). The molecule has 0 aromatic carbocycles. The van der Waals surface area contributed by atoms with E-state index >= 15 is 0 Å². The molecular formula is C20H24N10O9P2S. The molecule has 0 aliphatic carbocycles. The van der Waals surface area contributed by atoms with E-state index in [1.165, 1.54) is 29.9 Å². The van der Waals surface area contributed by atoms with Gasteiger partial charge in [0.1, 0.15) is 60.4 Å². The number of nitrogen functional groups attached to an aromatic ring is 2. The van der Waals surface area contributed by atoms with Crippen LogP contribution in [0.25, 0.3) is 22.3 Å². The van der Waals surface area contributed by atoms with Gasteiger partial charge in [0.2, 0.25) is 0 Å². The monoisotopic (exact) mass is 642 g/mol. The van der Waals surface area contributed by atoms with Crippen molar-refractivity contribution in [3.63, 3.8) is 0 Å². The van der Waals surface area contributed by atoms with Gasteiger partial charge in [0.05, 0.1) is 25.9 Å². The number of imidazole rings is 2. The van der Waals surface area contributed by atoms with Crippen LogP contribution >= 0.6 is 27.3 Å². The maximum Gasteiger partial charge on any atom is 0.386 e. The van der Waals surface area contributed by atoms with E-state index in [4.69, 9.17) is 39.0 Å². The maximum atomic E-state index is 13.3. The zero-order valence-corrected chi connectivity index (χ0v) is 24.1. The van der Waals surface area contributed by atoms with Gasteiger partial charge in [-0.1, -0.05) is 12.2 Å². The number of nitrogens with two attached hydrogens (primary N) is 2. The second kappa shape index (κ2) is 10.7. The molecule has 0 amide bonds. The van der Waals surface area contributed by atoms with Gasteiger partial charge in [-0.3, -0.25) is 27.3 Å². The summed E-state index contributed by atoms with van der Waals surface area (Å²) < 4.78 is 64.1. The summed E-state index contributed by atoms with van der Waals surface area (Å²) in [5.41, 5.74) is 13.2. The standard InChI is InChI=1S/C20H24N10O9P2S/c21-16-12-18(25-4-23-16)29(6-27-12)11-1-8-9(36-11)2-34-40(32)38-15-14(31)10(3-35-41(33,42)39-8)37-20(15)30-7-28-13-17(22)24-5-26-19(13)30/h4-11,14-15,20,31,40H,1-3H2,(H,33,42)(H2,21,23,25)(H2,22,24,26)/t8-,9+,10+,11+,14+,15+,20+,41+/m0/s1. The highest BCUT2D eigenvalue weighted by atomic mass is 32.7. The van der Waals surface area contributed by atoms with Crippen LogP contribution in [0.4, 0.5) is 11.6 Å². The Balaban J connectivity index is 1.16. The summed E-state index contributed by atoms with van der Waals surface area (Å²) in [5, 5.41) is 11.0. The zero-order chi connectivity index (χ0) is 29.2. The van der Waals surface area contributed by atoms with Crippen molar-refractivity contribution in [2.24, 2.45) is 0 Å². The summed E-state index contributed by atoms with van der Waals surface area (Å²) in [4.78, 5) is 24.7. The smallest absolute Gasteiger partial charge is 0.386 e. The first kappa shape index (κ1) is 28.0. The van der Waals surface area contributed by atoms with Gasteiger partial charge in [-0.25, -0.2) is 34.5 Å². The van der Waals surface area contributed by atoms with E-state index in [0.29, 0.717) is 16.7 Å². The average molecular weight is 642 g/mol. The molecule has 1 unspecified atom stereocenters. The van der Waals surface area contributed by atoms with Crippen molar-refractivity contribution in [1.82, 2.24) is 39.0 Å². The van der Waals surface area contributed by atoms with E-state index in [9.17, 15) is 14.2 Å². The first-order valence-electron chi connectivity index (χ1n) is 12.5. The fraction of sp³-hybridized carbons (Fsp3) is 0.500. The Morgan fingerprint density at radius 3 is 2.31 bits per heavy atom. The van der Waals surface area contributed by atoms with Crippen molar-refractivity contribution < 1.29 is 41.8 Å². The van der Waals surface area contributed by atoms with Gasteiger partial charge in [-0.05, 0) is 0 Å². The van der Waals surface area contributed by atoms with Crippen LogP contribution < -0.4 is 11.5 Å². The molecule has 4 aromatic rings. The van der Waals surface area contributed by atoms with Gasteiger partial charge in [-0.15, -0.1) is 0 Å². The van der Waals surface area contributed by atoms with Gasteiger partial charge in [-0.2, -0.15) is 0 Å². The zero-order valence-electron chi connectivity index (χ0n) is 21.3. The summed E-state index contributed by atoms with van der Waals surface area (Å²) in [5.74, 6) is 0.325. The number of aromatic nitrogens is 8. The number of aliphatic hydroxyl groups is 1. The molecule has 9 atom stereocenters. The molecule has 2 bridgehead atoms. The molecule has 42 heavy (non-hydrogen) atoms. The third-order valence-electron chi connectivity index (χ3n) is 7.12. The third kappa shape index (κ3) is 4.96. The number of rotatable bonds is 2. The number of thiol groups is 1. The summed E-state index contributed by atoms with van der Waals surface area (Å²) in [6.07, 6.45) is -1.69. The lowest BCUT2D eigenvalue weighted by atomic mass is 10.1. The SMILES string of the molecule is Nc1ncnc2c1ncn2[C@@H]1O[C@@H]2CO[P@@](=O)(S)O[C@H]3C[C@H](n4cnc5c(N)ncnc54)O[C@@H]3CO[PH](=O)O[C@@H]1[C@@H]2O. The van der Waals surface area contributed by atoms with E-state index in [1.54, 1.807) is 4.57 Å². The van der Waals surface area contributed by atoms with Crippen LogP contribution in [0.3, 0.4) is 0 Å². The molecule has 4 aromatic heterocycles. The number of fused-ring (bicyclic) bond motifs is 5. The molecule has 5 N–H and O–H groups in total. The minimum absolute atomic E-state index is 0.130. The summed E-state index contributed by atoms with van der Waals surface area (Å²) in [7, 11) is -3.26. The van der Waals surface area contributed by atoms with Crippen LogP contribution in [-0.4, -0.2) is 87.9 Å². The molecule has 3 fully saturated rings. The largest absolute Gasteiger partial charge is 0.387 e. The Kier molecular flexibility index (Phi) is 7.17. The van der Waals surface area contributed by atoms with Crippen molar-refractivity contribution in [2.75, 3.05) is 24.7 Å². The average Bonchev–Trinajstić information content (AvgIpc) is 3.72. The number of nitrogens with zero attached hydrogens (tertiary/aromatic N) is 8. The lowest BCUT2D eigenvalue weighted by Crippen LogP contribution is -2.34. The number of hydrogen-bond donors (Lipinski definition) is 4. The van der Waals surface area contributed by atoms with Crippen LogP contribution in [0.5, 0.6) is 0 Å². The highest BCUT2D eigenvalue weighted by Gasteiger charge is 2.49. The molecule has 3 aliphatic rings. The molecule has 19 nitrogen and oxygen atoms in total. The van der Waals surface area contributed by atoms with Crippen LogP contribution in [-0.2, 0) is 36.7 Å². The summed E-state index contributed by atoms with van der Waals surface area (Å²) >= 11 is 4.14. The quantitative estimate of drug-likeness (QED) is 0.173. The molecule has 224 valence electrons. The fourth-order valence-corrected chi connectivity index (χ4v) is 7.51. The topological polar surface area (TPSA) is 249 Å². The predicted octanol–water partition coefficient (Wildman–Crippen LogP) is 0.621. The lowest BCUT2D eigenvalue weighted by molar-refractivity contribution is -0.0560. The molecule has 0 spiro atoms. The Hall–Kier alpha value is -2.77. The minimum atomic E-state index is -4.05. The second-order valence-corrected chi connectivity index (χ2v) is 13.5. The first-order chi connectivity index (χ1) is 20.2. The van der Waals surface area contributed by atoms with E-state index in [2.05, 4.69) is 42.2 Å². The number of anilines is 2. The molecule has 3 aliphatic heterocycles. The fourth-order valence-electron chi connectivity index (χ4n) is 5.14. The minimum Gasteiger partial charge on any atom is -0.387 e. The van der Waals surface area contributed by atoms with Crippen molar-refractivity contribution in [1.29, 1.82) is 0 Å². The Morgan fingerprint density at radius 1 is 0.929 bits per heavy atom. The van der Waals surface area contributed by atoms with Crippen LogP contribution in [0.2, 0.25) is 0 Å². The Morgan fingerprint density at radius 2 is 1.60 bits per heavy atom. The van der Waals surface area contributed by atoms with E-state index < -0.39 is 64.6 Å². The van der Waals surface area contributed by atoms with E-state index in [1.807, 2.05) is 0 Å². The van der Waals surface area contributed by atoms with Gasteiger partial charge in [0.25, 0.3) is 0 Å². The van der Waals surface area contributed by atoms with E-state index in [-0.39, 0.29) is 30.3 Å². The second-order valence-electron chi connectivity index (χ2n) is 9.64. The van der Waals surface area contributed by atoms with Crippen LogP contribution in [0.1, 0.15) is 18.9 Å². The van der Waals surface area contributed by atoms with Gasteiger partial charge < -0.3 is 30.6 Å². The molecule has 0 saturated carbocycles. The third-order valence-corrected chi connectivity index (χ3v) is 9.63. The Bertz CT molecular complexity index is 1730. The van der Waals surface area contributed by atoms with Crippen LogP contribution in [0.15, 0.2) is 25.3 Å². The lowest BCUT2D eigenvalue weighted by Gasteiger charge is -2.24. The highest BCUT2D eigenvalue weighted by molar-refractivity contribution is 8.44. The molecule has 7 heterocycles. The summed E-state index contributed by atoms with van der Waals surface area (Å²) in [6.45, 7) is -4.75. The normalized spacial score (nSPS) is 36.0. The molecule has 0 radical (unpaired) electrons. The van der Waals surface area contributed by atoms with Gasteiger partial charge in [0, 0.05) is 6.42 Å². The molecule has 22 heteroatoms. The number of aliphatic hydroxyl groups excluding tert-OH is 1. The summed E-state index contributed by atoms with van der Waals surface area (Å²) in [6, 6.07) is 0. The van der Waals surface area contributed by atoms with Crippen molar-refractivity contribution in [3.8, 4) is 0 Å². The maximum absolute atomic E-state index is 13.3. The number of ether oxygens (including phenoxy) is 2. The number of hydrogen-bond acceptors (Lipinski definition) is 17. The Labute approximate surface area is 241 Å². The van der Waals surface area contributed by atoms with Crippen LogP contribution in [0, 0.1) is 0 Å². The van der Waals surface area contributed by atoms with E-state index in [0.717, 1.165) is 0 Å². The molecular weight excluding hydrogens is 618 g/mol. The van der Waals surface area contributed by atoms with Gasteiger partial charge >= 0.3 is 15.1 Å². The first-order valence-corrected chi connectivity index (χ1v) is 16.4. The van der Waals surface area contributed by atoms with Gasteiger partial charge in [0.15, 0.2) is 29.2 Å². The highest BCUT2D eigenvalue weighted by Crippen LogP contribution is 2.57. The van der Waals surface area contributed by atoms with Crippen molar-refractivity contribution in [3.05, 3.63) is 25.3 Å².